The SMILES string of the molecule is Cc1cc(C)cc(C(=Nc2ccccc2)NN)c1. The van der Waals surface area contributed by atoms with E-state index < -0.39 is 0 Å². The minimum Gasteiger partial charge on any atom is -0.308 e. The van der Waals surface area contributed by atoms with Crippen LogP contribution in [0.15, 0.2) is 53.5 Å². The lowest BCUT2D eigenvalue weighted by atomic mass is 10.1. The van der Waals surface area contributed by atoms with Gasteiger partial charge in [0.2, 0.25) is 0 Å². The predicted octanol–water partition coefficient (Wildman–Crippen LogP) is 2.85. The molecule has 0 saturated heterocycles. The van der Waals surface area contributed by atoms with Gasteiger partial charge in [-0.05, 0) is 38.1 Å². The van der Waals surface area contributed by atoms with Gasteiger partial charge in [0.25, 0.3) is 0 Å². The zero-order valence-corrected chi connectivity index (χ0v) is 10.6. The number of nitrogens with one attached hydrogen (secondary N) is 1. The maximum atomic E-state index is 5.57. The molecule has 92 valence electrons. The van der Waals surface area contributed by atoms with E-state index in [-0.39, 0.29) is 0 Å². The summed E-state index contributed by atoms with van der Waals surface area (Å²) in [6.07, 6.45) is 0. The summed E-state index contributed by atoms with van der Waals surface area (Å²) in [7, 11) is 0. The van der Waals surface area contributed by atoms with Gasteiger partial charge in [0, 0.05) is 5.56 Å². The van der Waals surface area contributed by atoms with Crippen LogP contribution in [0.25, 0.3) is 0 Å². The Labute approximate surface area is 107 Å². The second kappa shape index (κ2) is 5.47. The first-order chi connectivity index (χ1) is 8.69. The molecule has 0 bridgehead atoms. The van der Waals surface area contributed by atoms with Gasteiger partial charge in [-0.3, -0.25) is 0 Å². The molecule has 0 amide bonds. The molecule has 0 spiro atoms. The van der Waals surface area contributed by atoms with E-state index in [2.05, 4.69) is 42.5 Å². The number of nitrogens with zero attached hydrogens (tertiary/aromatic N) is 1. The number of hydrazine groups is 1. The second-order valence-corrected chi connectivity index (χ2v) is 4.32. The molecule has 2 aromatic carbocycles. The highest BCUT2D eigenvalue weighted by Crippen LogP contribution is 2.14. The molecule has 0 saturated carbocycles. The van der Waals surface area contributed by atoms with Crippen molar-refractivity contribution >= 4 is 11.5 Å². The molecule has 0 heterocycles. The van der Waals surface area contributed by atoms with E-state index >= 15 is 0 Å². The summed E-state index contributed by atoms with van der Waals surface area (Å²) in [6.45, 7) is 4.13. The maximum Gasteiger partial charge on any atom is 0.147 e. The number of amidine groups is 1. The van der Waals surface area contributed by atoms with Crippen molar-refractivity contribution in [2.45, 2.75) is 13.8 Å². The summed E-state index contributed by atoms with van der Waals surface area (Å²) in [6, 6.07) is 16.0. The third-order valence-corrected chi connectivity index (χ3v) is 2.63. The van der Waals surface area contributed by atoms with E-state index in [4.69, 9.17) is 5.84 Å². The van der Waals surface area contributed by atoms with Crippen LogP contribution < -0.4 is 11.3 Å². The predicted molar refractivity (Wildman–Crippen MR) is 75.9 cm³/mol. The van der Waals surface area contributed by atoms with Crippen LogP contribution in [0.1, 0.15) is 16.7 Å². The highest BCUT2D eigenvalue weighted by atomic mass is 15.2. The summed E-state index contributed by atoms with van der Waals surface area (Å²) < 4.78 is 0. The molecule has 0 radical (unpaired) electrons. The zero-order valence-electron chi connectivity index (χ0n) is 10.6. The first-order valence-electron chi connectivity index (χ1n) is 5.88. The van der Waals surface area contributed by atoms with Crippen LogP contribution in [0.2, 0.25) is 0 Å². The molecule has 3 N–H and O–H groups in total. The van der Waals surface area contributed by atoms with Crippen molar-refractivity contribution in [1.82, 2.24) is 5.43 Å². The van der Waals surface area contributed by atoms with Gasteiger partial charge in [0.1, 0.15) is 5.84 Å². The molecule has 0 aliphatic rings. The highest BCUT2D eigenvalue weighted by Gasteiger charge is 2.03. The average Bonchev–Trinajstić information content (AvgIpc) is 2.36. The molecule has 0 atom stereocenters. The van der Waals surface area contributed by atoms with Gasteiger partial charge in [0.05, 0.1) is 5.69 Å². The van der Waals surface area contributed by atoms with Gasteiger partial charge >= 0.3 is 0 Å². The van der Waals surface area contributed by atoms with E-state index in [9.17, 15) is 0 Å². The molecular weight excluding hydrogens is 222 g/mol. The minimum absolute atomic E-state index is 0.674. The van der Waals surface area contributed by atoms with Crippen molar-refractivity contribution in [2.75, 3.05) is 0 Å². The number of hydrogen-bond acceptors (Lipinski definition) is 2. The standard InChI is InChI=1S/C15H17N3/c1-11-8-12(2)10-13(9-11)15(18-16)17-14-6-4-3-5-7-14/h3-10H,16H2,1-2H3,(H,17,18). The number of aliphatic imine (C=N–C) groups is 1. The highest BCUT2D eigenvalue weighted by molar-refractivity contribution is 6.00. The number of aryl methyl sites for hydroxylation is 2. The largest absolute Gasteiger partial charge is 0.308 e. The molecule has 0 aliphatic heterocycles. The van der Waals surface area contributed by atoms with E-state index in [1.165, 1.54) is 11.1 Å². The molecule has 0 aromatic heterocycles. The van der Waals surface area contributed by atoms with Crippen LogP contribution in [0.3, 0.4) is 0 Å². The van der Waals surface area contributed by atoms with Gasteiger partial charge < -0.3 is 5.43 Å². The van der Waals surface area contributed by atoms with Crippen molar-refractivity contribution in [3.63, 3.8) is 0 Å². The minimum atomic E-state index is 0.674. The summed E-state index contributed by atoms with van der Waals surface area (Å²) in [5, 5.41) is 0. The Kier molecular flexibility index (Phi) is 3.75. The average molecular weight is 239 g/mol. The second-order valence-electron chi connectivity index (χ2n) is 4.32. The number of nitrogens with two attached hydrogens (primary N) is 1. The van der Waals surface area contributed by atoms with Gasteiger partial charge in [-0.1, -0.05) is 35.4 Å². The van der Waals surface area contributed by atoms with Crippen molar-refractivity contribution in [3.05, 3.63) is 65.2 Å². The summed E-state index contributed by atoms with van der Waals surface area (Å²) in [5.41, 5.74) is 6.94. The van der Waals surface area contributed by atoms with Crippen LogP contribution >= 0.6 is 0 Å². The van der Waals surface area contributed by atoms with Crippen LogP contribution in [0, 0.1) is 13.8 Å². The van der Waals surface area contributed by atoms with Gasteiger partial charge in [0.15, 0.2) is 0 Å². The third kappa shape index (κ3) is 2.96. The quantitative estimate of drug-likeness (QED) is 0.366. The maximum absolute atomic E-state index is 5.57. The topological polar surface area (TPSA) is 50.4 Å². The number of para-hydroxylation sites is 1. The van der Waals surface area contributed by atoms with E-state index in [1.807, 2.05) is 30.3 Å². The normalized spacial score (nSPS) is 11.4. The lowest BCUT2D eigenvalue weighted by Crippen LogP contribution is -2.31. The molecule has 18 heavy (non-hydrogen) atoms. The van der Waals surface area contributed by atoms with E-state index in [1.54, 1.807) is 0 Å². The fourth-order valence-corrected chi connectivity index (χ4v) is 1.92. The monoisotopic (exact) mass is 239 g/mol. The molecule has 2 aromatic rings. The van der Waals surface area contributed by atoms with Crippen LogP contribution in [0.5, 0.6) is 0 Å². The Morgan fingerprint density at radius 2 is 1.61 bits per heavy atom. The molecule has 3 heteroatoms. The van der Waals surface area contributed by atoms with Crippen molar-refractivity contribution in [1.29, 1.82) is 0 Å². The van der Waals surface area contributed by atoms with Crippen LogP contribution in [-0.2, 0) is 0 Å². The Bertz CT molecular complexity index is 539. The fraction of sp³-hybridized carbons (Fsp3) is 0.133. The molecule has 2 rings (SSSR count). The lowest BCUT2D eigenvalue weighted by molar-refractivity contribution is 1.02. The molecule has 3 nitrogen and oxygen atoms in total. The van der Waals surface area contributed by atoms with Crippen LogP contribution in [-0.4, -0.2) is 5.84 Å². The van der Waals surface area contributed by atoms with Gasteiger partial charge in [-0.15, -0.1) is 0 Å². The number of benzene rings is 2. The first-order valence-corrected chi connectivity index (χ1v) is 5.88. The molecular formula is C15H17N3. The summed E-state index contributed by atoms with van der Waals surface area (Å²) in [5.74, 6) is 6.25. The van der Waals surface area contributed by atoms with E-state index in [0.29, 0.717) is 5.84 Å². The Morgan fingerprint density at radius 1 is 1.00 bits per heavy atom. The third-order valence-electron chi connectivity index (χ3n) is 2.63. The Hall–Kier alpha value is -2.13. The smallest absolute Gasteiger partial charge is 0.147 e. The summed E-state index contributed by atoms with van der Waals surface area (Å²) >= 11 is 0. The molecule has 0 aliphatic carbocycles. The van der Waals surface area contributed by atoms with Gasteiger partial charge in [-0.25, -0.2) is 10.8 Å². The summed E-state index contributed by atoms with van der Waals surface area (Å²) in [4.78, 5) is 4.51. The molecule has 0 fully saturated rings. The Balaban J connectivity index is 2.42. The zero-order chi connectivity index (χ0) is 13.0. The van der Waals surface area contributed by atoms with Gasteiger partial charge in [-0.2, -0.15) is 0 Å². The molecule has 0 unspecified atom stereocenters. The fourth-order valence-electron chi connectivity index (χ4n) is 1.92. The van der Waals surface area contributed by atoms with Crippen molar-refractivity contribution in [3.8, 4) is 0 Å². The van der Waals surface area contributed by atoms with E-state index in [0.717, 1.165) is 11.3 Å². The van der Waals surface area contributed by atoms with Crippen molar-refractivity contribution < 1.29 is 0 Å². The first kappa shape index (κ1) is 12.3. The number of rotatable bonds is 2. The Morgan fingerprint density at radius 3 is 2.17 bits per heavy atom. The number of hydrogen-bond donors (Lipinski definition) is 2. The van der Waals surface area contributed by atoms with Crippen molar-refractivity contribution in [2.24, 2.45) is 10.8 Å². The lowest BCUT2D eigenvalue weighted by Gasteiger charge is -2.08. The van der Waals surface area contributed by atoms with Crippen LogP contribution in [0.4, 0.5) is 5.69 Å².